The lowest BCUT2D eigenvalue weighted by molar-refractivity contribution is 0.265. The van der Waals surface area contributed by atoms with Crippen molar-refractivity contribution in [1.82, 2.24) is 10.1 Å². The van der Waals surface area contributed by atoms with Crippen molar-refractivity contribution in [2.45, 2.75) is 32.0 Å². The van der Waals surface area contributed by atoms with Crippen molar-refractivity contribution in [2.24, 2.45) is 0 Å². The summed E-state index contributed by atoms with van der Waals surface area (Å²) in [4.78, 5) is 4.29. The van der Waals surface area contributed by atoms with Gasteiger partial charge in [0, 0.05) is 5.92 Å². The molecule has 6 heteroatoms. The Morgan fingerprint density at radius 1 is 1.35 bits per heavy atom. The Hall–Kier alpha value is -2.08. The van der Waals surface area contributed by atoms with E-state index in [2.05, 4.69) is 10.1 Å². The van der Waals surface area contributed by atoms with Gasteiger partial charge >= 0.3 is 0 Å². The summed E-state index contributed by atoms with van der Waals surface area (Å²) in [5.41, 5.74) is 0.768. The number of aliphatic hydroxyl groups is 1. The van der Waals surface area contributed by atoms with E-state index in [0.717, 1.165) is 18.4 Å². The third-order valence-electron chi connectivity index (χ3n) is 3.18. The molecule has 1 aromatic heterocycles. The Morgan fingerprint density at radius 3 is 2.90 bits per heavy atom. The van der Waals surface area contributed by atoms with E-state index in [9.17, 15) is 0 Å². The van der Waals surface area contributed by atoms with Crippen LogP contribution >= 0.6 is 0 Å². The van der Waals surface area contributed by atoms with Gasteiger partial charge in [-0.1, -0.05) is 11.2 Å². The maximum absolute atomic E-state index is 9.09. The fourth-order valence-corrected chi connectivity index (χ4v) is 1.89. The first-order valence-corrected chi connectivity index (χ1v) is 6.53. The van der Waals surface area contributed by atoms with Crippen molar-refractivity contribution in [3.63, 3.8) is 0 Å². The van der Waals surface area contributed by atoms with Crippen LogP contribution in [0.5, 0.6) is 11.5 Å². The van der Waals surface area contributed by atoms with Crippen LogP contribution in [0.2, 0.25) is 0 Å². The van der Waals surface area contributed by atoms with E-state index in [1.807, 2.05) is 0 Å². The van der Waals surface area contributed by atoms with Crippen LogP contribution in [0.25, 0.3) is 0 Å². The smallest absolute Gasteiger partial charge is 0.229 e. The maximum atomic E-state index is 9.09. The number of ether oxygens (including phenoxy) is 2. The summed E-state index contributed by atoms with van der Waals surface area (Å²) in [6.45, 7) is 0.192. The molecule has 1 aromatic carbocycles. The van der Waals surface area contributed by atoms with Gasteiger partial charge in [-0.3, -0.25) is 0 Å². The highest BCUT2D eigenvalue weighted by molar-refractivity contribution is 5.42. The quantitative estimate of drug-likeness (QED) is 0.869. The predicted molar refractivity (Wildman–Crippen MR) is 69.5 cm³/mol. The summed E-state index contributed by atoms with van der Waals surface area (Å²) in [5, 5.41) is 13.0. The standard InChI is InChI=1S/C14H16N2O4/c1-18-12-6-9(7-17)2-5-11(12)19-8-13-15-14(20-16-13)10-3-4-10/h2,5-6,10,17H,3-4,7-8H2,1H3. The minimum Gasteiger partial charge on any atom is -0.493 e. The summed E-state index contributed by atoms with van der Waals surface area (Å²) >= 11 is 0. The maximum Gasteiger partial charge on any atom is 0.229 e. The van der Waals surface area contributed by atoms with Crippen LogP contribution in [-0.2, 0) is 13.2 Å². The number of rotatable bonds is 6. The topological polar surface area (TPSA) is 77.6 Å². The van der Waals surface area contributed by atoms with E-state index in [4.69, 9.17) is 19.1 Å². The average Bonchev–Trinajstić information content (AvgIpc) is 3.24. The lowest BCUT2D eigenvalue weighted by atomic mass is 10.2. The largest absolute Gasteiger partial charge is 0.493 e. The molecule has 1 fully saturated rings. The molecule has 0 spiro atoms. The number of hydrogen-bond donors (Lipinski definition) is 1. The molecule has 0 atom stereocenters. The lowest BCUT2D eigenvalue weighted by Gasteiger charge is -2.10. The van der Waals surface area contributed by atoms with Crippen LogP contribution in [0, 0.1) is 0 Å². The molecule has 1 saturated carbocycles. The number of hydrogen-bond acceptors (Lipinski definition) is 6. The molecule has 0 unspecified atom stereocenters. The van der Waals surface area contributed by atoms with Gasteiger partial charge in [0.1, 0.15) is 0 Å². The van der Waals surface area contributed by atoms with E-state index in [1.165, 1.54) is 0 Å². The second kappa shape index (κ2) is 5.50. The Morgan fingerprint density at radius 2 is 2.20 bits per heavy atom. The van der Waals surface area contributed by atoms with Gasteiger partial charge < -0.3 is 19.1 Å². The summed E-state index contributed by atoms with van der Waals surface area (Å²) in [6.07, 6.45) is 2.25. The van der Waals surface area contributed by atoms with Crippen LogP contribution in [-0.4, -0.2) is 22.4 Å². The molecule has 0 saturated heterocycles. The molecular weight excluding hydrogens is 260 g/mol. The first kappa shape index (κ1) is 12.9. The van der Waals surface area contributed by atoms with Crippen molar-refractivity contribution >= 4 is 0 Å². The van der Waals surface area contributed by atoms with Gasteiger partial charge in [-0.2, -0.15) is 4.98 Å². The fraction of sp³-hybridized carbons (Fsp3) is 0.429. The first-order chi connectivity index (χ1) is 9.80. The third-order valence-corrected chi connectivity index (χ3v) is 3.18. The fourth-order valence-electron chi connectivity index (χ4n) is 1.89. The molecule has 1 aliphatic rings. The van der Waals surface area contributed by atoms with Gasteiger partial charge in [-0.15, -0.1) is 0 Å². The van der Waals surface area contributed by atoms with Crippen LogP contribution in [0.15, 0.2) is 22.7 Å². The zero-order valence-electron chi connectivity index (χ0n) is 11.2. The van der Waals surface area contributed by atoms with Crippen molar-refractivity contribution in [3.8, 4) is 11.5 Å². The molecule has 0 radical (unpaired) electrons. The van der Waals surface area contributed by atoms with E-state index in [-0.39, 0.29) is 13.2 Å². The van der Waals surface area contributed by atoms with Crippen molar-refractivity contribution in [2.75, 3.05) is 7.11 Å². The molecule has 0 aliphatic heterocycles. The average molecular weight is 276 g/mol. The Balaban J connectivity index is 1.67. The molecule has 1 heterocycles. The van der Waals surface area contributed by atoms with Crippen molar-refractivity contribution < 1.29 is 19.1 Å². The van der Waals surface area contributed by atoms with Crippen LogP contribution < -0.4 is 9.47 Å². The number of benzene rings is 1. The first-order valence-electron chi connectivity index (χ1n) is 6.53. The van der Waals surface area contributed by atoms with Gasteiger partial charge in [0.15, 0.2) is 18.1 Å². The summed E-state index contributed by atoms with van der Waals surface area (Å²) in [7, 11) is 1.56. The van der Waals surface area contributed by atoms with Crippen LogP contribution in [0.1, 0.15) is 36.0 Å². The Kier molecular flexibility index (Phi) is 3.56. The summed E-state index contributed by atoms with van der Waals surface area (Å²) in [5.74, 6) is 2.82. The van der Waals surface area contributed by atoms with Crippen molar-refractivity contribution in [3.05, 3.63) is 35.5 Å². The van der Waals surface area contributed by atoms with E-state index >= 15 is 0 Å². The van der Waals surface area contributed by atoms with Gasteiger partial charge in [0.05, 0.1) is 13.7 Å². The molecule has 20 heavy (non-hydrogen) atoms. The highest BCUT2D eigenvalue weighted by Crippen LogP contribution is 2.38. The molecule has 0 bridgehead atoms. The van der Waals surface area contributed by atoms with Gasteiger partial charge in [-0.05, 0) is 30.5 Å². The second-order valence-corrected chi connectivity index (χ2v) is 4.76. The van der Waals surface area contributed by atoms with Crippen LogP contribution in [0.4, 0.5) is 0 Å². The summed E-state index contributed by atoms with van der Waals surface area (Å²) in [6, 6.07) is 5.27. The minimum absolute atomic E-state index is 0.0355. The monoisotopic (exact) mass is 276 g/mol. The highest BCUT2D eigenvalue weighted by atomic mass is 16.5. The Bertz CT molecular complexity index is 593. The second-order valence-electron chi connectivity index (χ2n) is 4.76. The molecule has 1 N–H and O–H groups in total. The van der Waals surface area contributed by atoms with Crippen LogP contribution in [0.3, 0.4) is 0 Å². The molecule has 0 amide bonds. The molecule has 3 rings (SSSR count). The van der Waals surface area contributed by atoms with E-state index < -0.39 is 0 Å². The van der Waals surface area contributed by atoms with E-state index in [0.29, 0.717) is 29.1 Å². The zero-order valence-corrected chi connectivity index (χ0v) is 11.2. The lowest BCUT2D eigenvalue weighted by Crippen LogP contribution is -2.00. The molecule has 6 nitrogen and oxygen atoms in total. The van der Waals surface area contributed by atoms with Gasteiger partial charge in [0.2, 0.25) is 11.7 Å². The highest BCUT2D eigenvalue weighted by Gasteiger charge is 2.29. The number of methoxy groups -OCH3 is 1. The molecular formula is C14H16N2O4. The Labute approximate surface area is 116 Å². The SMILES string of the molecule is COc1cc(CO)ccc1OCc1noc(C2CC2)n1. The van der Waals surface area contributed by atoms with Gasteiger partial charge in [0.25, 0.3) is 0 Å². The third kappa shape index (κ3) is 2.75. The normalized spacial score (nSPS) is 14.3. The van der Waals surface area contributed by atoms with Gasteiger partial charge in [-0.25, -0.2) is 0 Å². The van der Waals surface area contributed by atoms with Crippen molar-refractivity contribution in [1.29, 1.82) is 0 Å². The number of aromatic nitrogens is 2. The van der Waals surface area contributed by atoms with E-state index in [1.54, 1.807) is 25.3 Å². The minimum atomic E-state index is -0.0355. The molecule has 106 valence electrons. The predicted octanol–water partition coefficient (Wildman–Crippen LogP) is 2.03. The summed E-state index contributed by atoms with van der Waals surface area (Å²) < 4.78 is 16.0. The zero-order chi connectivity index (χ0) is 13.9. The molecule has 1 aliphatic carbocycles. The number of nitrogens with zero attached hydrogens (tertiary/aromatic N) is 2. The number of aliphatic hydroxyl groups excluding tert-OH is 1. The molecule has 2 aromatic rings.